The molecule has 1 saturated carbocycles. The smallest absolute Gasteiger partial charge is 0.162 e. The van der Waals surface area contributed by atoms with E-state index in [0.717, 1.165) is 34.4 Å². The van der Waals surface area contributed by atoms with Gasteiger partial charge in [-0.25, -0.2) is 0 Å². The Balaban J connectivity index is 1.90. The van der Waals surface area contributed by atoms with E-state index < -0.39 is 0 Å². The van der Waals surface area contributed by atoms with Gasteiger partial charge in [0.1, 0.15) is 0 Å². The van der Waals surface area contributed by atoms with Crippen LogP contribution in [0.3, 0.4) is 0 Å². The monoisotopic (exact) mass is 344 g/mol. The summed E-state index contributed by atoms with van der Waals surface area (Å²) in [5.41, 5.74) is 1.12. The number of benzene rings is 1. The average molecular weight is 346 g/mol. The van der Waals surface area contributed by atoms with Crippen molar-refractivity contribution in [2.75, 3.05) is 13.2 Å². The van der Waals surface area contributed by atoms with E-state index in [2.05, 4.69) is 22.9 Å². The highest BCUT2D eigenvalue weighted by Crippen LogP contribution is 2.49. The molecule has 1 aliphatic carbocycles. The van der Waals surface area contributed by atoms with Crippen molar-refractivity contribution in [2.45, 2.75) is 31.0 Å². The first-order valence-corrected chi connectivity index (χ1v) is 8.19. The maximum atomic E-state index is 6.41. The Morgan fingerprint density at radius 3 is 2.47 bits per heavy atom. The van der Waals surface area contributed by atoms with Gasteiger partial charge in [0.15, 0.2) is 11.5 Å². The molecule has 104 valence electrons. The highest BCUT2D eigenvalue weighted by atomic mass is 79.9. The molecule has 1 heterocycles. The minimum absolute atomic E-state index is 0.282. The summed E-state index contributed by atoms with van der Waals surface area (Å²) >= 11 is 10.2. The zero-order chi connectivity index (χ0) is 13.4. The molecule has 0 radical (unpaired) electrons. The van der Waals surface area contributed by atoms with Crippen molar-refractivity contribution >= 4 is 27.5 Å². The minimum atomic E-state index is 0.282. The van der Waals surface area contributed by atoms with E-state index in [1.807, 2.05) is 12.1 Å². The van der Waals surface area contributed by atoms with Crippen LogP contribution in [0, 0.1) is 11.8 Å². The second kappa shape index (κ2) is 5.53. The molecule has 2 unspecified atom stereocenters. The number of hydrogen-bond donors (Lipinski definition) is 0. The lowest BCUT2D eigenvalue weighted by Gasteiger charge is -2.21. The Bertz CT molecular complexity index is 473. The summed E-state index contributed by atoms with van der Waals surface area (Å²) in [5, 5.41) is 0.763. The number of alkyl halides is 1. The summed E-state index contributed by atoms with van der Waals surface area (Å²) in [7, 11) is 0. The van der Waals surface area contributed by atoms with Crippen LogP contribution in [0.25, 0.3) is 0 Å². The summed E-state index contributed by atoms with van der Waals surface area (Å²) in [4.78, 5) is 0.282. The van der Waals surface area contributed by atoms with Crippen LogP contribution >= 0.6 is 27.5 Å². The fourth-order valence-electron chi connectivity index (χ4n) is 2.56. The van der Waals surface area contributed by atoms with Crippen LogP contribution in [0.15, 0.2) is 12.1 Å². The predicted octanol–water partition coefficient (Wildman–Crippen LogP) is 4.98. The molecule has 0 saturated heterocycles. The normalized spacial score (nSPS) is 21.6. The number of ether oxygens (including phenoxy) is 2. The van der Waals surface area contributed by atoms with Gasteiger partial charge in [0.05, 0.1) is 13.2 Å². The molecule has 0 bridgehead atoms. The van der Waals surface area contributed by atoms with Gasteiger partial charge < -0.3 is 9.47 Å². The van der Waals surface area contributed by atoms with Gasteiger partial charge in [-0.3, -0.25) is 0 Å². The zero-order valence-corrected chi connectivity index (χ0v) is 13.3. The Hall–Kier alpha value is -0.410. The van der Waals surface area contributed by atoms with Crippen molar-refractivity contribution in [2.24, 2.45) is 11.8 Å². The molecule has 2 atom stereocenters. The van der Waals surface area contributed by atoms with Gasteiger partial charge in [-0.1, -0.05) is 34.5 Å². The molecular formula is C15H18BrClO2. The second-order valence-corrected chi connectivity index (χ2v) is 6.86. The molecule has 1 aromatic carbocycles. The molecule has 0 spiro atoms. The van der Waals surface area contributed by atoms with Gasteiger partial charge in [0, 0.05) is 22.3 Å². The maximum Gasteiger partial charge on any atom is 0.162 e. The molecule has 1 aromatic rings. The summed E-state index contributed by atoms with van der Waals surface area (Å²) in [6, 6.07) is 3.94. The van der Waals surface area contributed by atoms with Crippen LogP contribution in [-0.2, 0) is 0 Å². The van der Waals surface area contributed by atoms with Gasteiger partial charge in [-0.15, -0.1) is 0 Å². The number of halogens is 2. The highest BCUT2D eigenvalue weighted by molar-refractivity contribution is 9.09. The standard InChI is InChI=1S/C15H18BrClO2/c1-9(10-3-4-10)15(16)11-7-13-14(8-12(11)17)19-6-2-5-18-13/h7-10,15H,2-6H2,1H3. The molecule has 19 heavy (non-hydrogen) atoms. The molecule has 2 aliphatic rings. The van der Waals surface area contributed by atoms with Gasteiger partial charge in [0.2, 0.25) is 0 Å². The van der Waals surface area contributed by atoms with Gasteiger partial charge in [0.25, 0.3) is 0 Å². The third kappa shape index (κ3) is 2.87. The largest absolute Gasteiger partial charge is 0.490 e. The summed E-state index contributed by atoms with van der Waals surface area (Å²) in [6.45, 7) is 3.69. The van der Waals surface area contributed by atoms with Crippen molar-refractivity contribution in [3.8, 4) is 11.5 Å². The maximum absolute atomic E-state index is 6.41. The van der Waals surface area contributed by atoms with Crippen molar-refractivity contribution in [1.29, 1.82) is 0 Å². The zero-order valence-electron chi connectivity index (χ0n) is 11.0. The number of rotatable bonds is 3. The van der Waals surface area contributed by atoms with E-state index in [4.69, 9.17) is 21.1 Å². The van der Waals surface area contributed by atoms with E-state index in [9.17, 15) is 0 Å². The Kier molecular flexibility index (Phi) is 3.95. The molecule has 1 aliphatic heterocycles. The van der Waals surface area contributed by atoms with E-state index in [1.54, 1.807) is 0 Å². The molecule has 1 fully saturated rings. The first-order chi connectivity index (χ1) is 9.16. The second-order valence-electron chi connectivity index (χ2n) is 5.47. The van der Waals surface area contributed by atoms with Crippen LogP contribution in [0.4, 0.5) is 0 Å². The fraction of sp³-hybridized carbons (Fsp3) is 0.600. The molecule has 0 N–H and O–H groups in total. The first-order valence-electron chi connectivity index (χ1n) is 6.90. The fourth-order valence-corrected chi connectivity index (χ4v) is 3.77. The lowest BCUT2D eigenvalue weighted by Crippen LogP contribution is -2.07. The average Bonchev–Trinajstić information content (AvgIpc) is 3.23. The van der Waals surface area contributed by atoms with Crippen LogP contribution in [-0.4, -0.2) is 13.2 Å². The van der Waals surface area contributed by atoms with E-state index in [-0.39, 0.29) is 4.83 Å². The number of hydrogen-bond acceptors (Lipinski definition) is 2. The first kappa shape index (κ1) is 13.6. The third-order valence-corrected chi connectivity index (χ3v) is 5.65. The van der Waals surface area contributed by atoms with Crippen LogP contribution in [0.5, 0.6) is 11.5 Å². The third-order valence-electron chi connectivity index (χ3n) is 3.99. The van der Waals surface area contributed by atoms with Gasteiger partial charge in [-0.05, 0) is 36.3 Å². The minimum Gasteiger partial charge on any atom is -0.490 e. The lowest BCUT2D eigenvalue weighted by atomic mass is 9.96. The predicted molar refractivity (Wildman–Crippen MR) is 80.6 cm³/mol. The van der Waals surface area contributed by atoms with Crippen LogP contribution in [0.1, 0.15) is 36.6 Å². The Morgan fingerprint density at radius 1 is 1.21 bits per heavy atom. The lowest BCUT2D eigenvalue weighted by molar-refractivity contribution is 0.297. The molecular weight excluding hydrogens is 328 g/mol. The van der Waals surface area contributed by atoms with Crippen LogP contribution in [0.2, 0.25) is 5.02 Å². The van der Waals surface area contributed by atoms with Crippen molar-refractivity contribution < 1.29 is 9.47 Å². The summed E-state index contributed by atoms with van der Waals surface area (Å²) < 4.78 is 11.4. The van der Waals surface area contributed by atoms with E-state index in [1.165, 1.54) is 12.8 Å². The number of fused-ring (bicyclic) bond motifs is 1. The molecule has 4 heteroatoms. The van der Waals surface area contributed by atoms with E-state index >= 15 is 0 Å². The molecule has 0 amide bonds. The van der Waals surface area contributed by atoms with E-state index in [0.29, 0.717) is 19.1 Å². The van der Waals surface area contributed by atoms with Crippen molar-refractivity contribution in [3.05, 3.63) is 22.7 Å². The Labute approximate surface area is 127 Å². The molecule has 0 aromatic heterocycles. The van der Waals surface area contributed by atoms with Crippen molar-refractivity contribution in [3.63, 3.8) is 0 Å². The SMILES string of the molecule is CC(C1CC1)C(Br)c1cc2c(cc1Cl)OCCCO2. The summed E-state index contributed by atoms with van der Waals surface area (Å²) in [6.07, 6.45) is 3.59. The van der Waals surface area contributed by atoms with Crippen molar-refractivity contribution in [1.82, 2.24) is 0 Å². The quantitative estimate of drug-likeness (QED) is 0.719. The topological polar surface area (TPSA) is 18.5 Å². The summed E-state index contributed by atoms with van der Waals surface area (Å²) in [5.74, 6) is 3.02. The Morgan fingerprint density at radius 2 is 1.84 bits per heavy atom. The highest BCUT2D eigenvalue weighted by Gasteiger charge is 2.34. The van der Waals surface area contributed by atoms with Gasteiger partial charge >= 0.3 is 0 Å². The van der Waals surface area contributed by atoms with Gasteiger partial charge in [-0.2, -0.15) is 0 Å². The molecule has 2 nitrogen and oxygen atoms in total. The van der Waals surface area contributed by atoms with Crippen LogP contribution < -0.4 is 9.47 Å². The molecule has 3 rings (SSSR count).